The molecule has 0 aromatic heterocycles. The van der Waals surface area contributed by atoms with Crippen molar-refractivity contribution in [3.63, 3.8) is 0 Å². The number of hydrogen-bond acceptors (Lipinski definition) is 3. The molecule has 0 N–H and O–H groups in total. The third kappa shape index (κ3) is 5.43. The summed E-state index contributed by atoms with van der Waals surface area (Å²) in [7, 11) is 3.39. The lowest BCUT2D eigenvalue weighted by molar-refractivity contribution is -0.147. The topological polar surface area (TPSA) is 35.5 Å². The fraction of sp³-hybridized carbons (Fsp3) is 0.588. The molecule has 3 heteroatoms. The van der Waals surface area contributed by atoms with E-state index in [1.165, 1.54) is 0 Å². The Hall–Kier alpha value is -1.19. The fourth-order valence-corrected chi connectivity index (χ4v) is 1.32. The first-order valence-corrected chi connectivity index (χ1v) is 6.90. The highest BCUT2D eigenvalue weighted by Gasteiger charge is 2.36. The number of carbonyl (C=O) groups excluding carboxylic acids is 1. The summed E-state index contributed by atoms with van der Waals surface area (Å²) >= 11 is 0. The summed E-state index contributed by atoms with van der Waals surface area (Å²) in [5.74, 6) is 0.209. The van der Waals surface area contributed by atoms with Crippen LogP contribution >= 0.6 is 0 Å². The molecule has 0 spiro atoms. The van der Waals surface area contributed by atoms with E-state index >= 15 is 0 Å². The maximum atomic E-state index is 11.0. The Morgan fingerprint density at radius 2 is 1.35 bits per heavy atom. The lowest BCUT2D eigenvalue weighted by Gasteiger charge is -2.38. The number of rotatable bonds is 5. The van der Waals surface area contributed by atoms with Gasteiger partial charge in [-0.15, -0.1) is 0 Å². The molecule has 0 aliphatic rings. The first-order chi connectivity index (χ1) is 9.21. The van der Waals surface area contributed by atoms with Gasteiger partial charge in [0.1, 0.15) is 0 Å². The van der Waals surface area contributed by atoms with Crippen molar-refractivity contribution in [2.45, 2.75) is 52.2 Å². The third-order valence-electron chi connectivity index (χ3n) is 3.89. The van der Waals surface area contributed by atoms with Gasteiger partial charge in [0.05, 0.1) is 11.2 Å². The molecule has 1 aromatic carbocycles. The van der Waals surface area contributed by atoms with Crippen LogP contribution in [0.25, 0.3) is 0 Å². The van der Waals surface area contributed by atoms with E-state index in [-0.39, 0.29) is 17.0 Å². The van der Waals surface area contributed by atoms with E-state index in [0.29, 0.717) is 6.42 Å². The largest absolute Gasteiger partial charge is 0.376 e. The Balaban J connectivity index is 0.000000361. The number of methoxy groups -OCH3 is 2. The van der Waals surface area contributed by atoms with Crippen molar-refractivity contribution in [3.8, 4) is 0 Å². The lowest BCUT2D eigenvalue weighted by atomic mass is 9.89. The Labute approximate surface area is 123 Å². The zero-order valence-corrected chi connectivity index (χ0v) is 13.8. The molecule has 114 valence electrons. The summed E-state index contributed by atoms with van der Waals surface area (Å²) < 4.78 is 10.5. The van der Waals surface area contributed by atoms with Crippen LogP contribution in [0.2, 0.25) is 0 Å². The molecule has 0 amide bonds. The van der Waals surface area contributed by atoms with Gasteiger partial charge in [-0.3, -0.25) is 4.79 Å². The maximum absolute atomic E-state index is 11.0. The molecule has 0 saturated carbocycles. The van der Waals surface area contributed by atoms with Gasteiger partial charge in [-0.2, -0.15) is 0 Å². The Morgan fingerprint density at radius 1 is 0.950 bits per heavy atom. The third-order valence-corrected chi connectivity index (χ3v) is 3.89. The molecular weight excluding hydrogens is 252 g/mol. The van der Waals surface area contributed by atoms with Crippen molar-refractivity contribution < 1.29 is 14.3 Å². The smallest absolute Gasteiger partial charge is 0.162 e. The van der Waals surface area contributed by atoms with Crippen LogP contribution in [0.1, 0.15) is 51.4 Å². The van der Waals surface area contributed by atoms with E-state index in [2.05, 4.69) is 0 Å². The quantitative estimate of drug-likeness (QED) is 0.761. The van der Waals surface area contributed by atoms with E-state index in [9.17, 15) is 4.79 Å². The Morgan fingerprint density at radius 3 is 1.65 bits per heavy atom. The van der Waals surface area contributed by atoms with Gasteiger partial charge in [-0.1, -0.05) is 37.3 Å². The van der Waals surface area contributed by atoms with E-state index < -0.39 is 0 Å². The highest BCUT2D eigenvalue weighted by atomic mass is 16.5. The van der Waals surface area contributed by atoms with Crippen molar-refractivity contribution >= 4 is 5.78 Å². The SMILES string of the molecule is CCC(=O)c1ccccc1.COC(C)(C)C(C)(C)OC. The number of ether oxygens (including phenoxy) is 2. The highest BCUT2D eigenvalue weighted by molar-refractivity contribution is 5.95. The van der Waals surface area contributed by atoms with E-state index in [4.69, 9.17) is 9.47 Å². The predicted molar refractivity (Wildman–Crippen MR) is 83.2 cm³/mol. The summed E-state index contributed by atoms with van der Waals surface area (Å²) in [6.45, 7) is 9.91. The fourth-order valence-electron chi connectivity index (χ4n) is 1.32. The molecule has 0 fully saturated rings. The second-order valence-electron chi connectivity index (χ2n) is 5.57. The van der Waals surface area contributed by atoms with Crippen LogP contribution in [-0.4, -0.2) is 31.2 Å². The standard InChI is InChI=1S/C9H10O.C8H18O2/c1-2-9(10)8-6-4-3-5-7-8;1-7(2,9-5)8(3,4)10-6/h3-7H,2H2,1H3;1-6H3. The minimum absolute atomic E-state index is 0.209. The summed E-state index contributed by atoms with van der Waals surface area (Å²) in [4.78, 5) is 11.0. The summed E-state index contributed by atoms with van der Waals surface area (Å²) in [5, 5.41) is 0. The van der Waals surface area contributed by atoms with Gasteiger partial charge in [-0.05, 0) is 27.7 Å². The van der Waals surface area contributed by atoms with Crippen LogP contribution in [0.15, 0.2) is 30.3 Å². The molecule has 20 heavy (non-hydrogen) atoms. The monoisotopic (exact) mass is 280 g/mol. The van der Waals surface area contributed by atoms with Crippen LogP contribution in [0, 0.1) is 0 Å². The van der Waals surface area contributed by atoms with E-state index in [0.717, 1.165) is 5.56 Å². The Kier molecular flexibility index (Phi) is 7.69. The van der Waals surface area contributed by atoms with Crippen molar-refractivity contribution in [1.82, 2.24) is 0 Å². The summed E-state index contributed by atoms with van der Waals surface area (Å²) in [6.07, 6.45) is 0.587. The number of Topliss-reactive ketones (excluding diaryl/α,β-unsaturated/α-hetero) is 1. The highest BCUT2D eigenvalue weighted by Crippen LogP contribution is 2.27. The molecule has 1 aromatic rings. The molecule has 0 unspecified atom stereocenters. The minimum Gasteiger partial charge on any atom is -0.376 e. The van der Waals surface area contributed by atoms with Crippen molar-refractivity contribution in [2.75, 3.05) is 14.2 Å². The molecule has 0 saturated heterocycles. The van der Waals surface area contributed by atoms with Crippen LogP contribution in [0.4, 0.5) is 0 Å². The zero-order valence-electron chi connectivity index (χ0n) is 13.8. The molecule has 0 aliphatic heterocycles. The molecule has 1 rings (SSSR count). The summed E-state index contributed by atoms with van der Waals surface area (Å²) in [5.41, 5.74) is 0.341. The van der Waals surface area contributed by atoms with E-state index in [1.807, 2.05) is 65.0 Å². The van der Waals surface area contributed by atoms with Gasteiger partial charge in [0, 0.05) is 26.2 Å². The van der Waals surface area contributed by atoms with Gasteiger partial charge in [0.2, 0.25) is 0 Å². The van der Waals surface area contributed by atoms with Gasteiger partial charge in [0.15, 0.2) is 5.78 Å². The van der Waals surface area contributed by atoms with Crippen molar-refractivity contribution in [2.24, 2.45) is 0 Å². The zero-order chi connectivity index (χ0) is 15.8. The molecular formula is C17H28O3. The average molecular weight is 280 g/mol. The van der Waals surface area contributed by atoms with Crippen LogP contribution in [0.3, 0.4) is 0 Å². The number of hydrogen-bond donors (Lipinski definition) is 0. The van der Waals surface area contributed by atoms with Gasteiger partial charge < -0.3 is 9.47 Å². The first kappa shape index (κ1) is 18.8. The molecule has 0 aliphatic carbocycles. The Bertz CT molecular complexity index is 380. The number of benzene rings is 1. The molecule has 3 nitrogen and oxygen atoms in total. The van der Waals surface area contributed by atoms with Crippen molar-refractivity contribution in [3.05, 3.63) is 35.9 Å². The van der Waals surface area contributed by atoms with Crippen molar-refractivity contribution in [1.29, 1.82) is 0 Å². The van der Waals surface area contributed by atoms with Gasteiger partial charge in [-0.25, -0.2) is 0 Å². The predicted octanol–water partition coefficient (Wildman–Crippen LogP) is 4.12. The molecule has 0 radical (unpaired) electrons. The normalized spacial score (nSPS) is 11.6. The van der Waals surface area contributed by atoms with Crippen LogP contribution in [0.5, 0.6) is 0 Å². The second-order valence-corrected chi connectivity index (χ2v) is 5.57. The molecule has 0 bridgehead atoms. The van der Waals surface area contributed by atoms with Crippen LogP contribution in [-0.2, 0) is 9.47 Å². The summed E-state index contributed by atoms with van der Waals surface area (Å²) in [6, 6.07) is 9.34. The first-order valence-electron chi connectivity index (χ1n) is 6.90. The average Bonchev–Trinajstić information content (AvgIpc) is 2.47. The van der Waals surface area contributed by atoms with Gasteiger partial charge in [0.25, 0.3) is 0 Å². The van der Waals surface area contributed by atoms with E-state index in [1.54, 1.807) is 14.2 Å². The number of carbonyl (C=O) groups is 1. The molecule has 0 heterocycles. The van der Waals surface area contributed by atoms with Crippen LogP contribution < -0.4 is 0 Å². The molecule has 0 atom stereocenters. The maximum Gasteiger partial charge on any atom is 0.162 e. The number of ketones is 1. The second kappa shape index (κ2) is 8.18. The van der Waals surface area contributed by atoms with Gasteiger partial charge >= 0.3 is 0 Å². The lowest BCUT2D eigenvalue weighted by Crippen LogP contribution is -2.48. The minimum atomic E-state index is -0.234.